The van der Waals surface area contributed by atoms with Gasteiger partial charge in [-0.1, -0.05) is 28.1 Å². The third-order valence-electron chi connectivity index (χ3n) is 2.52. The van der Waals surface area contributed by atoms with E-state index in [0.29, 0.717) is 19.1 Å². The van der Waals surface area contributed by atoms with Crippen molar-refractivity contribution in [1.29, 1.82) is 0 Å². The predicted octanol–water partition coefficient (Wildman–Crippen LogP) is 3.32. The lowest BCUT2D eigenvalue weighted by Crippen LogP contribution is -2.20. The van der Waals surface area contributed by atoms with Crippen molar-refractivity contribution >= 4 is 33.5 Å². The second kappa shape index (κ2) is 6.85. The molecule has 20 heavy (non-hydrogen) atoms. The Morgan fingerprint density at radius 2 is 1.90 bits per heavy atom. The van der Waals surface area contributed by atoms with Gasteiger partial charge in [0.25, 0.3) is 0 Å². The van der Waals surface area contributed by atoms with Crippen molar-refractivity contribution < 1.29 is 4.74 Å². The lowest BCUT2D eigenvalue weighted by atomic mass is 10.2. The molecule has 0 fully saturated rings. The molecular formula is C13H14BrClN4O. The summed E-state index contributed by atoms with van der Waals surface area (Å²) in [5, 5.41) is 0.126. The van der Waals surface area contributed by atoms with Gasteiger partial charge in [0, 0.05) is 18.1 Å². The highest BCUT2D eigenvalue weighted by atomic mass is 79.9. The van der Waals surface area contributed by atoms with Gasteiger partial charge in [0.2, 0.25) is 11.2 Å². The van der Waals surface area contributed by atoms with Crippen LogP contribution in [0.15, 0.2) is 28.7 Å². The topological polar surface area (TPSA) is 51.1 Å². The van der Waals surface area contributed by atoms with E-state index >= 15 is 0 Å². The molecule has 0 unspecified atom stereocenters. The molecule has 1 heterocycles. The van der Waals surface area contributed by atoms with Crippen LogP contribution < -0.4 is 9.64 Å². The van der Waals surface area contributed by atoms with Crippen molar-refractivity contribution in [3.63, 3.8) is 0 Å². The van der Waals surface area contributed by atoms with Gasteiger partial charge in [0.15, 0.2) is 0 Å². The normalized spacial score (nSPS) is 10.4. The van der Waals surface area contributed by atoms with Gasteiger partial charge in [0.1, 0.15) is 0 Å². The van der Waals surface area contributed by atoms with Crippen LogP contribution in [0.1, 0.15) is 12.5 Å². The van der Waals surface area contributed by atoms with Crippen molar-refractivity contribution in [3.05, 3.63) is 39.6 Å². The minimum Gasteiger partial charge on any atom is -0.464 e. The Morgan fingerprint density at radius 1 is 1.20 bits per heavy atom. The SMILES string of the molecule is CCOc1nc(Cl)nc(N(C)Cc2ccc(Br)cc2)n1. The number of anilines is 1. The number of hydrogen-bond acceptors (Lipinski definition) is 5. The molecule has 0 saturated carbocycles. The summed E-state index contributed by atoms with van der Waals surface area (Å²) in [5.41, 5.74) is 1.14. The van der Waals surface area contributed by atoms with Crippen LogP contribution in [0.25, 0.3) is 0 Å². The van der Waals surface area contributed by atoms with Crippen LogP contribution in [0.4, 0.5) is 5.95 Å². The Labute approximate surface area is 131 Å². The first-order valence-corrected chi connectivity index (χ1v) is 7.25. The summed E-state index contributed by atoms with van der Waals surface area (Å²) < 4.78 is 6.31. The average Bonchev–Trinajstić information content (AvgIpc) is 2.41. The summed E-state index contributed by atoms with van der Waals surface area (Å²) >= 11 is 9.29. The van der Waals surface area contributed by atoms with Gasteiger partial charge in [-0.15, -0.1) is 0 Å². The van der Waals surface area contributed by atoms with Gasteiger partial charge in [-0.25, -0.2) is 0 Å². The number of benzene rings is 1. The van der Waals surface area contributed by atoms with Crippen LogP contribution in [-0.4, -0.2) is 28.6 Å². The zero-order valence-electron chi connectivity index (χ0n) is 11.2. The van der Waals surface area contributed by atoms with Crippen LogP contribution in [0.3, 0.4) is 0 Å². The molecular weight excluding hydrogens is 344 g/mol. The van der Waals surface area contributed by atoms with E-state index < -0.39 is 0 Å². The molecule has 2 aromatic rings. The Kier molecular flexibility index (Phi) is 5.14. The van der Waals surface area contributed by atoms with Crippen LogP contribution in [0.5, 0.6) is 6.01 Å². The maximum Gasteiger partial charge on any atom is 0.322 e. The average molecular weight is 358 g/mol. The lowest BCUT2D eigenvalue weighted by molar-refractivity contribution is 0.311. The molecule has 1 aromatic carbocycles. The molecule has 2 rings (SSSR count). The fourth-order valence-corrected chi connectivity index (χ4v) is 2.03. The van der Waals surface area contributed by atoms with Crippen molar-refractivity contribution in [1.82, 2.24) is 15.0 Å². The highest BCUT2D eigenvalue weighted by Gasteiger charge is 2.10. The number of halogens is 2. The molecule has 0 amide bonds. The van der Waals surface area contributed by atoms with Crippen LogP contribution in [0.2, 0.25) is 5.28 Å². The summed E-state index contributed by atoms with van der Waals surface area (Å²) in [7, 11) is 1.89. The molecule has 0 aliphatic heterocycles. The van der Waals surface area contributed by atoms with E-state index in [9.17, 15) is 0 Å². The zero-order valence-corrected chi connectivity index (χ0v) is 13.5. The first kappa shape index (κ1) is 15.0. The van der Waals surface area contributed by atoms with Crippen LogP contribution in [0, 0.1) is 0 Å². The molecule has 0 aliphatic carbocycles. The first-order valence-electron chi connectivity index (χ1n) is 6.08. The smallest absolute Gasteiger partial charge is 0.322 e. The third kappa shape index (κ3) is 4.05. The first-order chi connectivity index (χ1) is 9.58. The van der Waals surface area contributed by atoms with E-state index in [1.54, 1.807) is 0 Å². The lowest BCUT2D eigenvalue weighted by Gasteiger charge is -2.17. The summed E-state index contributed by atoms with van der Waals surface area (Å²) in [5.74, 6) is 0.483. The molecule has 0 N–H and O–H groups in total. The molecule has 0 aliphatic rings. The largest absolute Gasteiger partial charge is 0.464 e. The number of ether oxygens (including phenoxy) is 1. The molecule has 0 bridgehead atoms. The Balaban J connectivity index is 2.15. The molecule has 5 nitrogen and oxygen atoms in total. The highest BCUT2D eigenvalue weighted by molar-refractivity contribution is 9.10. The van der Waals surface area contributed by atoms with E-state index in [1.807, 2.05) is 43.1 Å². The Morgan fingerprint density at radius 3 is 2.55 bits per heavy atom. The van der Waals surface area contributed by atoms with E-state index in [2.05, 4.69) is 30.9 Å². The molecule has 0 atom stereocenters. The van der Waals surface area contributed by atoms with Gasteiger partial charge in [0.05, 0.1) is 6.61 Å². The molecule has 0 spiro atoms. The highest BCUT2D eigenvalue weighted by Crippen LogP contribution is 2.17. The predicted molar refractivity (Wildman–Crippen MR) is 82.3 cm³/mol. The second-order valence-corrected chi connectivity index (χ2v) is 5.36. The summed E-state index contributed by atoms with van der Waals surface area (Å²) in [6.07, 6.45) is 0. The minimum atomic E-state index is 0.126. The van der Waals surface area contributed by atoms with Crippen molar-refractivity contribution in [2.24, 2.45) is 0 Å². The van der Waals surface area contributed by atoms with Gasteiger partial charge >= 0.3 is 6.01 Å². The third-order valence-corrected chi connectivity index (χ3v) is 3.22. The van der Waals surface area contributed by atoms with E-state index in [0.717, 1.165) is 10.0 Å². The van der Waals surface area contributed by atoms with Crippen LogP contribution >= 0.6 is 27.5 Å². The fourth-order valence-electron chi connectivity index (χ4n) is 1.62. The number of nitrogens with zero attached hydrogens (tertiary/aromatic N) is 4. The zero-order chi connectivity index (χ0) is 14.5. The van der Waals surface area contributed by atoms with E-state index in [1.165, 1.54) is 0 Å². The Hall–Kier alpha value is -1.40. The van der Waals surface area contributed by atoms with E-state index in [4.69, 9.17) is 16.3 Å². The molecule has 0 saturated heterocycles. The Bertz CT molecular complexity index is 579. The molecule has 106 valence electrons. The number of aromatic nitrogens is 3. The number of hydrogen-bond donors (Lipinski definition) is 0. The fraction of sp³-hybridized carbons (Fsp3) is 0.308. The summed E-state index contributed by atoms with van der Waals surface area (Å²) in [4.78, 5) is 14.1. The molecule has 0 radical (unpaired) electrons. The van der Waals surface area contributed by atoms with Crippen molar-refractivity contribution in [2.75, 3.05) is 18.6 Å². The maximum atomic E-state index is 5.88. The van der Waals surface area contributed by atoms with Crippen molar-refractivity contribution in [3.8, 4) is 6.01 Å². The van der Waals surface area contributed by atoms with E-state index in [-0.39, 0.29) is 11.3 Å². The summed E-state index contributed by atoms with van der Waals surface area (Å²) in [6, 6.07) is 8.30. The number of rotatable bonds is 5. The quantitative estimate of drug-likeness (QED) is 0.821. The van der Waals surface area contributed by atoms with Crippen LogP contribution in [-0.2, 0) is 6.54 Å². The molecule has 7 heteroatoms. The monoisotopic (exact) mass is 356 g/mol. The minimum absolute atomic E-state index is 0.126. The standard InChI is InChI=1S/C13H14BrClN4O/c1-3-20-13-17-11(15)16-12(18-13)19(2)8-9-4-6-10(14)7-5-9/h4-7H,3,8H2,1-2H3. The maximum absolute atomic E-state index is 5.88. The summed E-state index contributed by atoms with van der Waals surface area (Å²) in [6.45, 7) is 3.01. The second-order valence-electron chi connectivity index (χ2n) is 4.10. The van der Waals surface area contributed by atoms with Crippen molar-refractivity contribution in [2.45, 2.75) is 13.5 Å². The van der Waals surface area contributed by atoms with Gasteiger partial charge < -0.3 is 9.64 Å². The molecule has 1 aromatic heterocycles. The van der Waals surface area contributed by atoms with Gasteiger partial charge in [-0.3, -0.25) is 0 Å². The van der Waals surface area contributed by atoms with Gasteiger partial charge in [-0.05, 0) is 36.2 Å². The van der Waals surface area contributed by atoms with Gasteiger partial charge in [-0.2, -0.15) is 15.0 Å².